The molecule has 5 nitrogen and oxygen atoms in total. The zero-order valence-corrected chi connectivity index (χ0v) is 15.5. The average molecular weight is 363 g/mol. The Kier molecular flexibility index (Phi) is 4.00. The second kappa shape index (κ2) is 6.65. The van der Waals surface area contributed by atoms with Crippen molar-refractivity contribution < 1.29 is 18.8 Å². The topological polar surface area (TPSA) is 36.5 Å². The highest BCUT2D eigenvalue weighted by atomic mass is 16.6. The van der Waals surface area contributed by atoms with Crippen LogP contribution in [0.15, 0.2) is 48.7 Å². The summed E-state index contributed by atoms with van der Waals surface area (Å²) in [6.45, 7) is 2.27. The zero-order valence-electron chi connectivity index (χ0n) is 15.5. The van der Waals surface area contributed by atoms with Crippen molar-refractivity contribution in [1.82, 2.24) is 4.57 Å². The SMILES string of the molecule is COc1ccc(-n2c(-c3ccc4c(c3)OCCO4)c[n+]3c2CCCC3)cc1. The predicted octanol–water partition coefficient (Wildman–Crippen LogP) is 3.55. The highest BCUT2D eigenvalue weighted by molar-refractivity contribution is 5.66. The van der Waals surface area contributed by atoms with Crippen molar-refractivity contribution in [3.63, 3.8) is 0 Å². The molecule has 2 aliphatic heterocycles. The maximum absolute atomic E-state index is 5.81. The summed E-state index contributed by atoms with van der Waals surface area (Å²) in [5.41, 5.74) is 3.46. The van der Waals surface area contributed by atoms with Crippen LogP contribution in [-0.2, 0) is 13.0 Å². The highest BCUT2D eigenvalue weighted by Crippen LogP contribution is 2.36. The van der Waals surface area contributed by atoms with E-state index in [4.69, 9.17) is 14.2 Å². The number of aromatic nitrogens is 2. The molecule has 3 aromatic rings. The van der Waals surface area contributed by atoms with E-state index >= 15 is 0 Å². The summed E-state index contributed by atoms with van der Waals surface area (Å²) >= 11 is 0. The van der Waals surface area contributed by atoms with E-state index in [0.717, 1.165) is 41.5 Å². The van der Waals surface area contributed by atoms with Crippen molar-refractivity contribution >= 4 is 0 Å². The summed E-state index contributed by atoms with van der Waals surface area (Å²) in [7, 11) is 1.70. The number of imidazole rings is 1. The molecule has 138 valence electrons. The van der Waals surface area contributed by atoms with E-state index in [1.165, 1.54) is 24.4 Å². The van der Waals surface area contributed by atoms with E-state index in [9.17, 15) is 0 Å². The Morgan fingerprint density at radius 3 is 2.59 bits per heavy atom. The van der Waals surface area contributed by atoms with Gasteiger partial charge in [-0.25, -0.2) is 4.57 Å². The van der Waals surface area contributed by atoms with Crippen molar-refractivity contribution in [3.05, 3.63) is 54.5 Å². The minimum atomic E-state index is 0.598. The number of ether oxygens (including phenoxy) is 3. The van der Waals surface area contributed by atoms with Crippen molar-refractivity contribution in [2.75, 3.05) is 20.3 Å². The average Bonchev–Trinajstić information content (AvgIpc) is 3.13. The summed E-state index contributed by atoms with van der Waals surface area (Å²) in [5.74, 6) is 3.86. The van der Waals surface area contributed by atoms with Gasteiger partial charge in [-0.05, 0) is 55.3 Å². The number of hydrogen-bond acceptors (Lipinski definition) is 3. The molecule has 0 saturated carbocycles. The zero-order chi connectivity index (χ0) is 18.2. The van der Waals surface area contributed by atoms with Crippen molar-refractivity contribution in [1.29, 1.82) is 0 Å². The van der Waals surface area contributed by atoms with Crippen LogP contribution in [0.4, 0.5) is 0 Å². The molecule has 0 unspecified atom stereocenters. The third kappa shape index (κ3) is 2.83. The minimum Gasteiger partial charge on any atom is -0.497 e. The first kappa shape index (κ1) is 16.2. The number of fused-ring (bicyclic) bond motifs is 2. The summed E-state index contributed by atoms with van der Waals surface area (Å²) < 4.78 is 21.6. The fourth-order valence-corrected chi connectivity index (χ4v) is 3.99. The minimum absolute atomic E-state index is 0.598. The third-order valence-electron chi connectivity index (χ3n) is 5.33. The normalized spacial score (nSPS) is 15.3. The molecule has 27 heavy (non-hydrogen) atoms. The van der Waals surface area contributed by atoms with Gasteiger partial charge in [-0.2, -0.15) is 4.57 Å². The van der Waals surface area contributed by atoms with Crippen molar-refractivity contribution in [2.24, 2.45) is 0 Å². The molecular formula is C22H23N2O3+. The fraction of sp³-hybridized carbons (Fsp3) is 0.318. The van der Waals surface area contributed by atoms with Crippen LogP contribution in [0.1, 0.15) is 18.7 Å². The summed E-state index contributed by atoms with van der Waals surface area (Å²) in [6, 6.07) is 14.5. The molecule has 0 fully saturated rings. The summed E-state index contributed by atoms with van der Waals surface area (Å²) in [5, 5.41) is 0. The molecule has 0 spiro atoms. The van der Waals surface area contributed by atoms with Crippen LogP contribution < -0.4 is 18.8 Å². The number of benzene rings is 2. The number of aryl methyl sites for hydroxylation is 1. The smallest absolute Gasteiger partial charge is 0.262 e. The molecule has 2 aliphatic rings. The van der Waals surface area contributed by atoms with Crippen LogP contribution in [0.25, 0.3) is 16.9 Å². The van der Waals surface area contributed by atoms with Crippen LogP contribution in [0, 0.1) is 0 Å². The first-order valence-corrected chi connectivity index (χ1v) is 9.52. The Balaban J connectivity index is 1.66. The molecule has 0 amide bonds. The molecule has 5 rings (SSSR count). The van der Waals surface area contributed by atoms with E-state index < -0.39 is 0 Å². The number of nitrogens with zero attached hydrogens (tertiary/aromatic N) is 2. The van der Waals surface area contributed by atoms with Gasteiger partial charge in [0.15, 0.2) is 17.2 Å². The molecule has 0 radical (unpaired) electrons. The Morgan fingerprint density at radius 1 is 0.963 bits per heavy atom. The van der Waals surface area contributed by atoms with Gasteiger partial charge >= 0.3 is 0 Å². The first-order chi connectivity index (χ1) is 13.3. The van der Waals surface area contributed by atoms with Gasteiger partial charge in [-0.15, -0.1) is 0 Å². The van der Waals surface area contributed by atoms with Crippen LogP contribution in [0.5, 0.6) is 17.2 Å². The molecule has 0 N–H and O–H groups in total. The fourth-order valence-electron chi connectivity index (χ4n) is 3.99. The number of hydrogen-bond donors (Lipinski definition) is 0. The second-order valence-electron chi connectivity index (χ2n) is 6.97. The maximum Gasteiger partial charge on any atom is 0.262 e. The molecule has 3 heterocycles. The van der Waals surface area contributed by atoms with E-state index in [2.05, 4.69) is 39.6 Å². The Morgan fingerprint density at radius 2 is 1.78 bits per heavy atom. The van der Waals surface area contributed by atoms with E-state index in [-0.39, 0.29) is 0 Å². The van der Waals surface area contributed by atoms with Crippen LogP contribution in [-0.4, -0.2) is 24.9 Å². The van der Waals surface area contributed by atoms with Crippen LogP contribution in [0.2, 0.25) is 0 Å². The molecule has 2 aromatic carbocycles. The Bertz CT molecular complexity index is 976. The van der Waals surface area contributed by atoms with Gasteiger partial charge in [0, 0.05) is 12.0 Å². The molecule has 0 aliphatic carbocycles. The summed E-state index contributed by atoms with van der Waals surface area (Å²) in [6.07, 6.45) is 5.80. The number of rotatable bonds is 3. The molecule has 0 atom stereocenters. The van der Waals surface area contributed by atoms with E-state index in [0.29, 0.717) is 13.2 Å². The van der Waals surface area contributed by atoms with Crippen molar-refractivity contribution in [3.8, 4) is 34.2 Å². The van der Waals surface area contributed by atoms with Gasteiger partial charge in [0.2, 0.25) is 0 Å². The molecule has 1 aromatic heterocycles. The molecule has 0 bridgehead atoms. The monoisotopic (exact) mass is 363 g/mol. The molecular weight excluding hydrogens is 340 g/mol. The van der Waals surface area contributed by atoms with Gasteiger partial charge in [-0.1, -0.05) is 0 Å². The van der Waals surface area contributed by atoms with Gasteiger partial charge < -0.3 is 14.2 Å². The Labute approximate surface area is 158 Å². The van der Waals surface area contributed by atoms with Crippen LogP contribution in [0.3, 0.4) is 0 Å². The van der Waals surface area contributed by atoms with Gasteiger partial charge in [0.25, 0.3) is 5.82 Å². The van der Waals surface area contributed by atoms with Gasteiger partial charge in [-0.3, -0.25) is 0 Å². The largest absolute Gasteiger partial charge is 0.497 e. The van der Waals surface area contributed by atoms with E-state index in [1.54, 1.807) is 7.11 Å². The maximum atomic E-state index is 5.81. The quantitative estimate of drug-likeness (QED) is 0.668. The highest BCUT2D eigenvalue weighted by Gasteiger charge is 2.28. The lowest BCUT2D eigenvalue weighted by Crippen LogP contribution is -2.40. The molecule has 0 saturated heterocycles. The van der Waals surface area contributed by atoms with Gasteiger partial charge in [0.1, 0.15) is 30.8 Å². The lowest BCUT2D eigenvalue weighted by molar-refractivity contribution is -0.708. The lowest BCUT2D eigenvalue weighted by Gasteiger charge is -2.18. The second-order valence-corrected chi connectivity index (χ2v) is 6.97. The third-order valence-corrected chi connectivity index (χ3v) is 5.33. The summed E-state index contributed by atoms with van der Waals surface area (Å²) in [4.78, 5) is 0. The van der Waals surface area contributed by atoms with E-state index in [1.807, 2.05) is 18.2 Å². The van der Waals surface area contributed by atoms with Crippen LogP contribution >= 0.6 is 0 Å². The first-order valence-electron chi connectivity index (χ1n) is 9.52. The predicted molar refractivity (Wildman–Crippen MR) is 102 cm³/mol. The standard InChI is InChI=1S/C22H23N2O3/c1-25-18-8-6-17(7-9-18)24-19(15-23-11-3-2-4-22(23)24)16-5-10-20-21(14-16)27-13-12-26-20/h5-10,14-15H,2-4,11-13H2,1H3/q+1. The number of methoxy groups -OCH3 is 1. The van der Waals surface area contributed by atoms with Gasteiger partial charge in [0.05, 0.1) is 13.7 Å². The lowest BCUT2D eigenvalue weighted by atomic mass is 10.1. The molecule has 5 heteroatoms. The van der Waals surface area contributed by atoms with Crippen molar-refractivity contribution in [2.45, 2.75) is 25.8 Å². The Hall–Kier alpha value is -2.95.